The summed E-state index contributed by atoms with van der Waals surface area (Å²) in [6, 6.07) is 5.66. The number of piperidine rings is 1. The van der Waals surface area contributed by atoms with Gasteiger partial charge in [-0.1, -0.05) is 0 Å². The molecule has 1 N–H and O–H groups in total. The van der Waals surface area contributed by atoms with E-state index in [0.717, 1.165) is 56.8 Å². The number of β-amino-alcohol motifs (C(OH)–C–C–N with tert-alkyl or cyclic N) is 1. The Hall–Kier alpha value is -2.76. The number of aliphatic hydroxyl groups excluding tert-OH is 1. The van der Waals surface area contributed by atoms with Crippen molar-refractivity contribution in [3.05, 3.63) is 47.1 Å². The second-order valence-corrected chi connectivity index (χ2v) is 8.43. The number of aryl methyl sites for hydroxylation is 1. The van der Waals surface area contributed by atoms with E-state index in [1.54, 1.807) is 13.3 Å². The Balaban J connectivity index is 1.31. The maximum absolute atomic E-state index is 10.6. The Labute approximate surface area is 177 Å². The molecule has 4 heterocycles. The number of methoxy groups -OCH3 is 1. The van der Waals surface area contributed by atoms with E-state index in [2.05, 4.69) is 29.8 Å². The van der Waals surface area contributed by atoms with Gasteiger partial charge in [0.15, 0.2) is 5.82 Å². The number of nitrogens with zero attached hydrogens (tertiary/aromatic N) is 6. The number of pyridine rings is 1. The van der Waals surface area contributed by atoms with Crippen LogP contribution in [0.2, 0.25) is 0 Å². The van der Waals surface area contributed by atoms with Gasteiger partial charge in [0.1, 0.15) is 6.10 Å². The molecular weight excluding hydrogens is 380 g/mol. The van der Waals surface area contributed by atoms with Gasteiger partial charge in [0.25, 0.3) is 0 Å². The molecule has 1 atom stereocenters. The van der Waals surface area contributed by atoms with Crippen LogP contribution in [0, 0.1) is 18.9 Å². The van der Waals surface area contributed by atoms with Crippen LogP contribution >= 0.6 is 0 Å². The molecule has 0 aromatic carbocycles. The van der Waals surface area contributed by atoms with E-state index in [1.807, 2.05) is 25.1 Å². The van der Waals surface area contributed by atoms with Crippen LogP contribution < -0.4 is 9.64 Å². The first kappa shape index (κ1) is 20.5. The summed E-state index contributed by atoms with van der Waals surface area (Å²) in [6.07, 6.45) is 4.32. The zero-order valence-corrected chi connectivity index (χ0v) is 17.6. The van der Waals surface area contributed by atoms with Gasteiger partial charge in [-0.25, -0.2) is 4.85 Å². The molecule has 0 unspecified atom stereocenters. The van der Waals surface area contributed by atoms with E-state index >= 15 is 0 Å². The zero-order chi connectivity index (χ0) is 21.1. The summed E-state index contributed by atoms with van der Waals surface area (Å²) in [5.74, 6) is 1.45. The number of aromatic nitrogens is 3. The first-order chi connectivity index (χ1) is 14.5. The third-order valence-corrected chi connectivity index (χ3v) is 6.51. The molecule has 1 spiro atoms. The second kappa shape index (κ2) is 8.54. The van der Waals surface area contributed by atoms with E-state index in [1.165, 1.54) is 0 Å². The predicted molar refractivity (Wildman–Crippen MR) is 114 cm³/mol. The summed E-state index contributed by atoms with van der Waals surface area (Å²) >= 11 is 0. The van der Waals surface area contributed by atoms with E-state index in [9.17, 15) is 5.11 Å². The van der Waals surface area contributed by atoms with Crippen LogP contribution in [0.4, 0.5) is 11.5 Å². The summed E-state index contributed by atoms with van der Waals surface area (Å²) in [4.78, 5) is 12.4. The van der Waals surface area contributed by atoms with Crippen molar-refractivity contribution in [3.8, 4) is 5.88 Å². The number of hydrogen-bond donors (Lipinski definition) is 1. The van der Waals surface area contributed by atoms with Crippen LogP contribution in [0.5, 0.6) is 5.88 Å². The lowest BCUT2D eigenvalue weighted by molar-refractivity contribution is 0.0633. The first-order valence-electron chi connectivity index (χ1n) is 10.4. The number of ether oxygens (including phenoxy) is 1. The largest absolute Gasteiger partial charge is 0.480 e. The Morgan fingerprint density at radius 2 is 2.00 bits per heavy atom. The number of anilines is 1. The Morgan fingerprint density at radius 1 is 1.23 bits per heavy atom. The first-order valence-corrected chi connectivity index (χ1v) is 10.4. The SMILES string of the molecule is [C-]#[N+]c1cnc([C@@H](O)CN2CCC3(CC2)CCN(c2ccc(OC)nn2)C3)cc1C. The van der Waals surface area contributed by atoms with E-state index < -0.39 is 6.10 Å². The molecule has 0 saturated carbocycles. The van der Waals surface area contributed by atoms with Crippen molar-refractivity contribution in [2.45, 2.75) is 32.3 Å². The van der Waals surface area contributed by atoms with Gasteiger partial charge >= 0.3 is 0 Å². The number of rotatable bonds is 5. The van der Waals surface area contributed by atoms with Crippen LogP contribution in [-0.2, 0) is 0 Å². The smallest absolute Gasteiger partial charge is 0.233 e. The highest BCUT2D eigenvalue weighted by molar-refractivity contribution is 5.50. The topological polar surface area (TPSA) is 79.0 Å². The summed E-state index contributed by atoms with van der Waals surface area (Å²) in [5.41, 5.74) is 2.36. The highest BCUT2D eigenvalue weighted by atomic mass is 16.5. The summed E-state index contributed by atoms with van der Waals surface area (Å²) in [6.45, 7) is 13.5. The molecule has 30 heavy (non-hydrogen) atoms. The summed E-state index contributed by atoms with van der Waals surface area (Å²) in [5, 5.41) is 19.0. The average Bonchev–Trinajstić information content (AvgIpc) is 3.19. The van der Waals surface area contributed by atoms with Crippen molar-refractivity contribution in [2.75, 3.05) is 44.7 Å². The van der Waals surface area contributed by atoms with Crippen molar-refractivity contribution in [3.63, 3.8) is 0 Å². The van der Waals surface area contributed by atoms with Gasteiger partial charge in [-0.05, 0) is 62.4 Å². The second-order valence-electron chi connectivity index (χ2n) is 8.43. The molecule has 0 aliphatic carbocycles. The maximum atomic E-state index is 10.6. The molecule has 4 rings (SSSR count). The highest BCUT2D eigenvalue weighted by Crippen LogP contribution is 2.41. The molecule has 2 aromatic rings. The van der Waals surface area contributed by atoms with E-state index in [4.69, 9.17) is 11.3 Å². The van der Waals surface area contributed by atoms with Crippen molar-refractivity contribution in [1.29, 1.82) is 0 Å². The van der Waals surface area contributed by atoms with Crippen molar-refractivity contribution >= 4 is 11.5 Å². The number of hydrogen-bond acceptors (Lipinski definition) is 7. The average molecular weight is 409 g/mol. The van der Waals surface area contributed by atoms with Crippen molar-refractivity contribution in [1.82, 2.24) is 20.1 Å². The van der Waals surface area contributed by atoms with Crippen LogP contribution in [0.25, 0.3) is 4.85 Å². The van der Waals surface area contributed by atoms with Crippen LogP contribution in [0.1, 0.15) is 36.6 Å². The lowest BCUT2D eigenvalue weighted by Crippen LogP contribution is -2.43. The molecule has 8 heteroatoms. The summed E-state index contributed by atoms with van der Waals surface area (Å²) in [7, 11) is 1.60. The van der Waals surface area contributed by atoms with Crippen LogP contribution in [0.3, 0.4) is 0 Å². The molecule has 8 nitrogen and oxygen atoms in total. The standard InChI is InChI=1S/C22H28N6O2/c1-16-12-17(24-13-18(16)23-2)19(29)14-27-9-6-22(7-10-27)8-11-28(15-22)20-4-5-21(30-3)26-25-20/h4-5,12-13,19,29H,6-11,14-15H2,1,3H3/t19-/m0/s1. The molecule has 0 radical (unpaired) electrons. The molecule has 2 saturated heterocycles. The molecule has 0 amide bonds. The van der Waals surface area contributed by atoms with E-state index in [-0.39, 0.29) is 0 Å². The quantitative estimate of drug-likeness (QED) is 0.762. The molecule has 2 aliphatic rings. The molecule has 2 fully saturated rings. The minimum absolute atomic E-state index is 0.315. The van der Waals surface area contributed by atoms with Crippen LogP contribution in [0.15, 0.2) is 24.4 Å². The minimum Gasteiger partial charge on any atom is -0.480 e. The van der Waals surface area contributed by atoms with Gasteiger partial charge in [0, 0.05) is 31.9 Å². The van der Waals surface area contributed by atoms with Crippen molar-refractivity contribution in [2.24, 2.45) is 5.41 Å². The van der Waals surface area contributed by atoms with Gasteiger partial charge in [-0.3, -0.25) is 4.98 Å². The predicted octanol–water partition coefficient (Wildman–Crippen LogP) is 2.77. The van der Waals surface area contributed by atoms with Gasteiger partial charge in [0.2, 0.25) is 11.6 Å². The Kier molecular flexibility index (Phi) is 5.84. The third kappa shape index (κ3) is 4.23. The fourth-order valence-corrected chi connectivity index (χ4v) is 4.55. The summed E-state index contributed by atoms with van der Waals surface area (Å²) < 4.78 is 5.10. The number of likely N-dealkylation sites (tertiary alicyclic amines) is 1. The highest BCUT2D eigenvalue weighted by Gasteiger charge is 2.41. The third-order valence-electron chi connectivity index (χ3n) is 6.51. The van der Waals surface area contributed by atoms with E-state index in [0.29, 0.717) is 29.2 Å². The fourth-order valence-electron chi connectivity index (χ4n) is 4.55. The maximum Gasteiger partial charge on any atom is 0.233 e. The lowest BCUT2D eigenvalue weighted by atomic mass is 9.77. The Bertz CT molecular complexity index is 918. The lowest BCUT2D eigenvalue weighted by Gasteiger charge is -2.39. The zero-order valence-electron chi connectivity index (χ0n) is 17.6. The molecule has 2 aliphatic heterocycles. The monoisotopic (exact) mass is 408 g/mol. The fraction of sp³-hybridized carbons (Fsp3) is 0.545. The Morgan fingerprint density at radius 3 is 2.63 bits per heavy atom. The normalized spacial score (nSPS) is 19.6. The molecular formula is C22H28N6O2. The molecule has 0 bridgehead atoms. The number of aliphatic hydroxyl groups is 1. The van der Waals surface area contributed by atoms with Gasteiger partial charge < -0.3 is 19.6 Å². The van der Waals surface area contributed by atoms with Gasteiger partial charge in [-0.2, -0.15) is 0 Å². The van der Waals surface area contributed by atoms with Crippen molar-refractivity contribution < 1.29 is 9.84 Å². The van der Waals surface area contributed by atoms with Gasteiger partial charge in [0.05, 0.1) is 19.4 Å². The molecule has 158 valence electrons. The minimum atomic E-state index is -0.632. The van der Waals surface area contributed by atoms with Crippen LogP contribution in [-0.4, -0.2) is 65.0 Å². The molecule has 2 aromatic heterocycles. The van der Waals surface area contributed by atoms with Gasteiger partial charge in [-0.15, -0.1) is 10.2 Å².